The molecule has 1 unspecified atom stereocenters. The predicted molar refractivity (Wildman–Crippen MR) is 107 cm³/mol. The third-order valence-corrected chi connectivity index (χ3v) is 5.39. The summed E-state index contributed by atoms with van der Waals surface area (Å²) in [5.74, 6) is 0. The topological polar surface area (TPSA) is 36.0 Å². The summed E-state index contributed by atoms with van der Waals surface area (Å²) in [4.78, 5) is 18.5. The maximum absolute atomic E-state index is 12.4. The fourth-order valence-corrected chi connectivity index (χ4v) is 4.04. The number of likely N-dealkylation sites (tertiary alicyclic amines) is 1. The second-order valence-electron chi connectivity index (χ2n) is 7.75. The lowest BCUT2D eigenvalue weighted by Crippen LogP contribution is -2.61. The van der Waals surface area contributed by atoms with Crippen molar-refractivity contribution in [3.63, 3.8) is 0 Å². The molecule has 2 fully saturated rings. The van der Waals surface area contributed by atoms with Crippen LogP contribution in [-0.4, -0.2) is 79.3 Å². The lowest BCUT2D eigenvalue weighted by molar-refractivity contribution is -0.161. The van der Waals surface area contributed by atoms with Crippen LogP contribution < -0.4 is 0 Å². The molecular formula is C20H32ClN3O2. The molecule has 0 radical (unpaired) electrons. The highest BCUT2D eigenvalue weighted by atomic mass is 35.5. The zero-order chi connectivity index (χ0) is 17.9. The first kappa shape index (κ1) is 21.0. The first-order valence-corrected chi connectivity index (χ1v) is 9.38. The van der Waals surface area contributed by atoms with Gasteiger partial charge >= 0.3 is 6.03 Å². The highest BCUT2D eigenvalue weighted by Gasteiger charge is 2.43. The number of piperidine rings is 1. The Morgan fingerprint density at radius 1 is 1.23 bits per heavy atom. The number of hydrogen-bond donors (Lipinski definition) is 0. The standard InChI is InChI=1S/C20H31N3O2.ClH/c1-17-15-23(19(24)21(2)3)16-20(25-17)10-13-22(14-11-20)12-9-18-7-5-4-6-8-18;/h4-8,17H,9-16H2,1-3H3;1H. The lowest BCUT2D eigenvalue weighted by atomic mass is 9.88. The molecule has 5 nitrogen and oxygen atoms in total. The zero-order valence-electron chi connectivity index (χ0n) is 16.2. The van der Waals surface area contributed by atoms with Crippen LogP contribution in [0.3, 0.4) is 0 Å². The van der Waals surface area contributed by atoms with Gasteiger partial charge in [0.15, 0.2) is 0 Å². The van der Waals surface area contributed by atoms with E-state index in [1.54, 1.807) is 4.90 Å². The minimum absolute atomic E-state index is 0. The van der Waals surface area contributed by atoms with Gasteiger partial charge < -0.3 is 19.4 Å². The van der Waals surface area contributed by atoms with E-state index in [1.807, 2.05) is 19.0 Å². The van der Waals surface area contributed by atoms with Gasteiger partial charge in [-0.1, -0.05) is 30.3 Å². The zero-order valence-corrected chi connectivity index (χ0v) is 17.0. The molecule has 2 saturated heterocycles. The van der Waals surface area contributed by atoms with Crippen LogP contribution in [0.2, 0.25) is 0 Å². The van der Waals surface area contributed by atoms with Crippen LogP contribution in [0.25, 0.3) is 0 Å². The molecule has 1 aromatic rings. The van der Waals surface area contributed by atoms with E-state index in [2.05, 4.69) is 42.2 Å². The van der Waals surface area contributed by atoms with E-state index >= 15 is 0 Å². The Kier molecular flexibility index (Phi) is 7.33. The van der Waals surface area contributed by atoms with Crippen LogP contribution in [0.4, 0.5) is 4.79 Å². The van der Waals surface area contributed by atoms with Gasteiger partial charge in [0.25, 0.3) is 0 Å². The second-order valence-corrected chi connectivity index (χ2v) is 7.75. The fourth-order valence-electron chi connectivity index (χ4n) is 4.04. The van der Waals surface area contributed by atoms with E-state index in [0.29, 0.717) is 6.54 Å². The summed E-state index contributed by atoms with van der Waals surface area (Å²) in [6.45, 7) is 6.68. The highest BCUT2D eigenvalue weighted by molar-refractivity contribution is 5.85. The van der Waals surface area contributed by atoms with Crippen molar-refractivity contribution in [3.8, 4) is 0 Å². The molecule has 2 aliphatic heterocycles. The van der Waals surface area contributed by atoms with Gasteiger partial charge in [0.05, 0.1) is 18.2 Å². The van der Waals surface area contributed by atoms with E-state index in [9.17, 15) is 4.79 Å². The van der Waals surface area contributed by atoms with Crippen LogP contribution in [0.5, 0.6) is 0 Å². The summed E-state index contributed by atoms with van der Waals surface area (Å²) in [5.41, 5.74) is 1.24. The molecule has 146 valence electrons. The van der Waals surface area contributed by atoms with Crippen LogP contribution in [0.1, 0.15) is 25.3 Å². The van der Waals surface area contributed by atoms with E-state index in [-0.39, 0.29) is 30.1 Å². The molecule has 1 aromatic carbocycles. The number of morpholine rings is 1. The van der Waals surface area contributed by atoms with Crippen molar-refractivity contribution in [2.24, 2.45) is 0 Å². The summed E-state index contributed by atoms with van der Waals surface area (Å²) >= 11 is 0. The Hall–Kier alpha value is -1.30. The quantitative estimate of drug-likeness (QED) is 0.807. The van der Waals surface area contributed by atoms with Crippen molar-refractivity contribution in [1.29, 1.82) is 0 Å². The summed E-state index contributed by atoms with van der Waals surface area (Å²) < 4.78 is 6.35. The molecule has 6 heteroatoms. The van der Waals surface area contributed by atoms with Gasteiger partial charge in [0.2, 0.25) is 0 Å². The summed E-state index contributed by atoms with van der Waals surface area (Å²) in [6, 6.07) is 10.8. The van der Waals surface area contributed by atoms with Crippen LogP contribution in [-0.2, 0) is 11.2 Å². The Balaban J connectivity index is 0.00000243. The van der Waals surface area contributed by atoms with E-state index in [0.717, 1.165) is 45.4 Å². The molecule has 1 spiro atoms. The molecule has 0 aliphatic carbocycles. The SMILES string of the molecule is CC1CN(C(=O)N(C)C)CC2(CCN(CCc3ccccc3)CC2)O1.Cl. The Labute approximate surface area is 163 Å². The molecule has 3 rings (SSSR count). The van der Waals surface area contributed by atoms with Crippen molar-refractivity contribution >= 4 is 18.4 Å². The second kappa shape index (κ2) is 9.07. The number of benzene rings is 1. The van der Waals surface area contributed by atoms with Crippen molar-refractivity contribution in [2.75, 3.05) is 46.8 Å². The number of hydrogen-bond acceptors (Lipinski definition) is 3. The molecule has 26 heavy (non-hydrogen) atoms. The molecule has 2 heterocycles. The maximum atomic E-state index is 12.4. The normalized spacial score (nSPS) is 22.7. The first-order chi connectivity index (χ1) is 12.0. The molecule has 2 amide bonds. The average Bonchev–Trinajstić information content (AvgIpc) is 2.61. The number of halogens is 1. The molecule has 1 atom stereocenters. The van der Waals surface area contributed by atoms with E-state index in [1.165, 1.54) is 5.56 Å². The Morgan fingerprint density at radius 2 is 1.88 bits per heavy atom. The van der Waals surface area contributed by atoms with E-state index < -0.39 is 0 Å². The van der Waals surface area contributed by atoms with Gasteiger partial charge in [0, 0.05) is 40.3 Å². The average molecular weight is 382 g/mol. The number of carbonyl (C=O) groups is 1. The maximum Gasteiger partial charge on any atom is 0.319 e. The first-order valence-electron chi connectivity index (χ1n) is 9.38. The van der Waals surface area contributed by atoms with Crippen molar-refractivity contribution < 1.29 is 9.53 Å². The summed E-state index contributed by atoms with van der Waals surface area (Å²) in [6.07, 6.45) is 3.21. The highest BCUT2D eigenvalue weighted by Crippen LogP contribution is 2.32. The molecule has 0 bridgehead atoms. The van der Waals surface area contributed by atoms with Crippen molar-refractivity contribution in [3.05, 3.63) is 35.9 Å². The minimum atomic E-state index is -0.160. The van der Waals surface area contributed by atoms with Crippen LogP contribution in [0.15, 0.2) is 30.3 Å². The van der Waals surface area contributed by atoms with Crippen molar-refractivity contribution in [1.82, 2.24) is 14.7 Å². The summed E-state index contributed by atoms with van der Waals surface area (Å²) in [5, 5.41) is 0. The van der Waals surface area contributed by atoms with Gasteiger partial charge in [-0.25, -0.2) is 4.79 Å². The third-order valence-electron chi connectivity index (χ3n) is 5.39. The van der Waals surface area contributed by atoms with Gasteiger partial charge in [-0.3, -0.25) is 0 Å². The van der Waals surface area contributed by atoms with Crippen molar-refractivity contribution in [2.45, 2.75) is 37.9 Å². The molecule has 2 aliphatic rings. The molecule has 0 aromatic heterocycles. The third kappa shape index (κ3) is 5.12. The Bertz CT molecular complexity index is 574. The largest absolute Gasteiger partial charge is 0.368 e. The molecule has 0 saturated carbocycles. The number of urea groups is 1. The minimum Gasteiger partial charge on any atom is -0.368 e. The number of rotatable bonds is 3. The number of ether oxygens (including phenoxy) is 1. The Morgan fingerprint density at radius 3 is 2.50 bits per heavy atom. The van der Waals surface area contributed by atoms with E-state index in [4.69, 9.17) is 4.74 Å². The fraction of sp³-hybridized carbons (Fsp3) is 0.650. The lowest BCUT2D eigenvalue weighted by Gasteiger charge is -2.49. The number of nitrogens with zero attached hydrogens (tertiary/aromatic N) is 3. The number of amides is 2. The van der Waals surface area contributed by atoms with Gasteiger partial charge in [-0.2, -0.15) is 0 Å². The molecule has 0 N–H and O–H groups in total. The summed E-state index contributed by atoms with van der Waals surface area (Å²) in [7, 11) is 3.64. The predicted octanol–water partition coefficient (Wildman–Crippen LogP) is 2.89. The van der Waals surface area contributed by atoms with Crippen LogP contribution >= 0.6 is 12.4 Å². The van der Waals surface area contributed by atoms with Gasteiger partial charge in [-0.15, -0.1) is 12.4 Å². The van der Waals surface area contributed by atoms with Gasteiger partial charge in [0.1, 0.15) is 0 Å². The van der Waals surface area contributed by atoms with Crippen LogP contribution in [0, 0.1) is 0 Å². The molecular weight excluding hydrogens is 350 g/mol. The monoisotopic (exact) mass is 381 g/mol. The number of carbonyl (C=O) groups excluding carboxylic acids is 1. The smallest absolute Gasteiger partial charge is 0.319 e. The van der Waals surface area contributed by atoms with Gasteiger partial charge in [-0.05, 0) is 31.7 Å².